The molecule has 0 aromatic heterocycles. The first kappa shape index (κ1) is 17.2. The second kappa shape index (κ2) is 7.51. The van der Waals surface area contributed by atoms with E-state index in [0.717, 1.165) is 18.4 Å². The zero-order valence-corrected chi connectivity index (χ0v) is 14.1. The number of nitrogens with zero attached hydrogens (tertiary/aromatic N) is 2. The molecule has 1 aliphatic rings. The van der Waals surface area contributed by atoms with E-state index in [2.05, 4.69) is 5.32 Å². The molecule has 1 aliphatic heterocycles. The smallest absolute Gasteiger partial charge is 0.321 e. The molecule has 0 saturated carbocycles. The standard InChI is InChI=1S/C19H21F2N3O/c1-23(13-14-7-3-2-4-8-14)19(25)22-15-11-16(20)18(17(21)12-15)24-9-5-6-10-24/h2-4,7-8,11-12H,5-6,9-10,13H2,1H3,(H,22,25). The van der Waals surface area contributed by atoms with Crippen LogP contribution in [0.1, 0.15) is 18.4 Å². The summed E-state index contributed by atoms with van der Waals surface area (Å²) in [6.07, 6.45) is 1.86. The predicted octanol–water partition coefficient (Wildman–Crippen LogP) is 4.23. The van der Waals surface area contributed by atoms with E-state index in [9.17, 15) is 13.6 Å². The van der Waals surface area contributed by atoms with E-state index < -0.39 is 17.7 Å². The molecule has 2 amide bonds. The molecule has 1 fully saturated rings. The van der Waals surface area contributed by atoms with Crippen LogP contribution in [0.15, 0.2) is 42.5 Å². The zero-order chi connectivity index (χ0) is 17.8. The predicted molar refractivity (Wildman–Crippen MR) is 94.7 cm³/mol. The first-order chi connectivity index (χ1) is 12.0. The van der Waals surface area contributed by atoms with Crippen molar-refractivity contribution in [3.05, 3.63) is 59.7 Å². The fraction of sp³-hybridized carbons (Fsp3) is 0.316. The average Bonchev–Trinajstić information content (AvgIpc) is 3.09. The number of carbonyl (C=O) groups excluding carboxylic acids is 1. The van der Waals surface area contributed by atoms with Gasteiger partial charge in [-0.15, -0.1) is 0 Å². The molecule has 132 valence electrons. The van der Waals surface area contributed by atoms with Gasteiger partial charge in [-0.05, 0) is 30.5 Å². The minimum Gasteiger partial charge on any atom is -0.367 e. The van der Waals surface area contributed by atoms with Crippen molar-refractivity contribution in [2.45, 2.75) is 19.4 Å². The molecule has 0 bridgehead atoms. The highest BCUT2D eigenvalue weighted by Gasteiger charge is 2.21. The third-order valence-electron chi connectivity index (χ3n) is 4.30. The van der Waals surface area contributed by atoms with E-state index >= 15 is 0 Å². The fourth-order valence-electron chi connectivity index (χ4n) is 3.03. The van der Waals surface area contributed by atoms with Crippen molar-refractivity contribution < 1.29 is 13.6 Å². The van der Waals surface area contributed by atoms with Crippen LogP contribution in [0.4, 0.5) is 25.0 Å². The van der Waals surface area contributed by atoms with Gasteiger partial charge < -0.3 is 15.1 Å². The molecule has 0 aliphatic carbocycles. The average molecular weight is 345 g/mol. The summed E-state index contributed by atoms with van der Waals surface area (Å²) in [4.78, 5) is 15.4. The number of halogens is 2. The largest absolute Gasteiger partial charge is 0.367 e. The summed E-state index contributed by atoms with van der Waals surface area (Å²) >= 11 is 0. The monoisotopic (exact) mass is 345 g/mol. The maximum absolute atomic E-state index is 14.3. The van der Waals surface area contributed by atoms with Gasteiger partial charge in [0.25, 0.3) is 0 Å². The van der Waals surface area contributed by atoms with Crippen molar-refractivity contribution in [3.8, 4) is 0 Å². The minimum atomic E-state index is -0.650. The molecule has 2 aromatic carbocycles. The summed E-state index contributed by atoms with van der Waals surface area (Å²) in [5.74, 6) is -1.30. The highest BCUT2D eigenvalue weighted by atomic mass is 19.1. The van der Waals surface area contributed by atoms with E-state index in [1.165, 1.54) is 17.0 Å². The SMILES string of the molecule is CN(Cc1ccccc1)C(=O)Nc1cc(F)c(N2CCCC2)c(F)c1. The Labute approximate surface area is 146 Å². The number of urea groups is 1. The number of benzene rings is 2. The van der Waals surface area contributed by atoms with E-state index in [-0.39, 0.29) is 11.4 Å². The van der Waals surface area contributed by atoms with E-state index in [4.69, 9.17) is 0 Å². The van der Waals surface area contributed by atoms with Crippen LogP contribution in [0.2, 0.25) is 0 Å². The quantitative estimate of drug-likeness (QED) is 0.900. The Morgan fingerprint density at radius 2 is 1.72 bits per heavy atom. The maximum Gasteiger partial charge on any atom is 0.321 e. The molecule has 1 N–H and O–H groups in total. The molecule has 3 rings (SSSR count). The van der Waals surface area contributed by atoms with Gasteiger partial charge in [-0.2, -0.15) is 0 Å². The van der Waals surface area contributed by atoms with Crippen LogP contribution >= 0.6 is 0 Å². The lowest BCUT2D eigenvalue weighted by Gasteiger charge is -2.21. The van der Waals surface area contributed by atoms with Gasteiger partial charge in [0.2, 0.25) is 0 Å². The number of hydrogen-bond acceptors (Lipinski definition) is 2. The topological polar surface area (TPSA) is 35.6 Å². The van der Waals surface area contributed by atoms with Crippen LogP contribution in [-0.2, 0) is 6.54 Å². The Bertz CT molecular complexity index is 723. The van der Waals surface area contributed by atoms with Crippen molar-refractivity contribution >= 4 is 17.4 Å². The molecular formula is C19H21F2N3O. The Balaban J connectivity index is 1.68. The molecule has 0 radical (unpaired) electrons. The van der Waals surface area contributed by atoms with Crippen molar-refractivity contribution in [2.24, 2.45) is 0 Å². The minimum absolute atomic E-state index is 0.00635. The normalized spacial score (nSPS) is 13.8. The molecule has 0 unspecified atom stereocenters. The molecule has 0 spiro atoms. The molecule has 4 nitrogen and oxygen atoms in total. The van der Waals surface area contributed by atoms with Crippen LogP contribution in [0.3, 0.4) is 0 Å². The van der Waals surface area contributed by atoms with Gasteiger partial charge in [0.05, 0.1) is 0 Å². The van der Waals surface area contributed by atoms with Crippen molar-refractivity contribution in [1.82, 2.24) is 4.90 Å². The fourth-order valence-corrected chi connectivity index (χ4v) is 3.03. The van der Waals surface area contributed by atoms with Gasteiger partial charge in [0.15, 0.2) is 11.6 Å². The Kier molecular flexibility index (Phi) is 5.16. The van der Waals surface area contributed by atoms with Crippen molar-refractivity contribution in [1.29, 1.82) is 0 Å². The Morgan fingerprint density at radius 3 is 2.32 bits per heavy atom. The van der Waals surface area contributed by atoms with Crippen LogP contribution < -0.4 is 10.2 Å². The van der Waals surface area contributed by atoms with Crippen LogP contribution in [0.25, 0.3) is 0 Å². The van der Waals surface area contributed by atoms with Crippen LogP contribution in [-0.4, -0.2) is 31.1 Å². The van der Waals surface area contributed by atoms with Crippen LogP contribution in [0.5, 0.6) is 0 Å². The summed E-state index contributed by atoms with van der Waals surface area (Å²) in [6, 6.07) is 11.4. The molecule has 25 heavy (non-hydrogen) atoms. The van der Waals surface area contributed by atoms with Gasteiger partial charge in [0.1, 0.15) is 5.69 Å². The summed E-state index contributed by atoms with van der Waals surface area (Å²) in [5.41, 5.74) is 1.08. The highest BCUT2D eigenvalue weighted by molar-refractivity contribution is 5.89. The lowest BCUT2D eigenvalue weighted by Crippen LogP contribution is -2.31. The summed E-state index contributed by atoms with van der Waals surface area (Å²) in [5, 5.41) is 2.55. The van der Waals surface area contributed by atoms with Crippen molar-refractivity contribution in [3.63, 3.8) is 0 Å². The van der Waals surface area contributed by atoms with Gasteiger partial charge >= 0.3 is 6.03 Å². The van der Waals surface area contributed by atoms with Crippen LogP contribution in [0, 0.1) is 11.6 Å². The highest BCUT2D eigenvalue weighted by Crippen LogP contribution is 2.29. The summed E-state index contributed by atoms with van der Waals surface area (Å²) in [6.45, 7) is 1.71. The first-order valence-corrected chi connectivity index (χ1v) is 8.34. The number of rotatable bonds is 4. The number of anilines is 2. The number of hydrogen-bond donors (Lipinski definition) is 1. The maximum atomic E-state index is 14.3. The third-order valence-corrected chi connectivity index (χ3v) is 4.30. The van der Waals surface area contributed by atoms with Gasteiger partial charge in [-0.25, -0.2) is 13.6 Å². The third kappa shape index (κ3) is 4.07. The van der Waals surface area contributed by atoms with E-state index in [1.807, 2.05) is 30.3 Å². The van der Waals surface area contributed by atoms with E-state index in [1.54, 1.807) is 11.9 Å². The molecule has 6 heteroatoms. The lowest BCUT2D eigenvalue weighted by atomic mass is 10.2. The molecule has 2 aromatic rings. The Hall–Kier alpha value is -2.63. The molecular weight excluding hydrogens is 324 g/mol. The number of carbonyl (C=O) groups is 1. The number of amides is 2. The van der Waals surface area contributed by atoms with E-state index in [0.29, 0.717) is 19.6 Å². The molecule has 0 atom stereocenters. The van der Waals surface area contributed by atoms with Gasteiger partial charge in [0, 0.05) is 32.4 Å². The summed E-state index contributed by atoms with van der Waals surface area (Å²) < 4.78 is 28.6. The lowest BCUT2D eigenvalue weighted by molar-refractivity contribution is 0.220. The van der Waals surface area contributed by atoms with Gasteiger partial charge in [-0.1, -0.05) is 30.3 Å². The zero-order valence-electron chi connectivity index (χ0n) is 14.1. The Morgan fingerprint density at radius 1 is 1.12 bits per heavy atom. The number of nitrogens with one attached hydrogen (secondary N) is 1. The molecule has 1 heterocycles. The van der Waals surface area contributed by atoms with Gasteiger partial charge in [-0.3, -0.25) is 0 Å². The first-order valence-electron chi connectivity index (χ1n) is 8.34. The molecule has 1 saturated heterocycles. The second-order valence-electron chi connectivity index (χ2n) is 6.25. The second-order valence-corrected chi connectivity index (χ2v) is 6.25. The summed E-state index contributed by atoms with van der Waals surface area (Å²) in [7, 11) is 1.63. The van der Waals surface area contributed by atoms with Crippen molar-refractivity contribution in [2.75, 3.05) is 30.4 Å².